The molecule has 3 aromatic carbocycles. The van der Waals surface area contributed by atoms with Crippen molar-refractivity contribution >= 4 is 34.2 Å². The van der Waals surface area contributed by atoms with Gasteiger partial charge in [-0.05, 0) is 66.9 Å². The summed E-state index contributed by atoms with van der Waals surface area (Å²) in [7, 11) is 3.92. The van der Waals surface area contributed by atoms with Crippen molar-refractivity contribution in [3.63, 3.8) is 0 Å². The maximum atomic E-state index is 14.1. The minimum atomic E-state index is -1.06. The van der Waals surface area contributed by atoms with Gasteiger partial charge in [0.05, 0.1) is 5.52 Å². The number of benzene rings is 3. The van der Waals surface area contributed by atoms with Crippen molar-refractivity contribution in [1.29, 1.82) is 0 Å². The van der Waals surface area contributed by atoms with E-state index in [9.17, 15) is 14.0 Å². The number of para-hydroxylation sites is 1. The lowest BCUT2D eigenvalue weighted by Crippen LogP contribution is -2.60. The third-order valence-electron chi connectivity index (χ3n) is 7.52. The molecule has 0 spiro atoms. The first-order valence-corrected chi connectivity index (χ1v) is 13.3. The Kier molecular flexibility index (Phi) is 7.58. The molecule has 9 heteroatoms. The summed E-state index contributed by atoms with van der Waals surface area (Å²) in [6, 6.07) is 21.2. The normalized spacial score (nSPS) is 14.6. The van der Waals surface area contributed by atoms with Crippen LogP contribution >= 0.6 is 0 Å². The molecule has 1 saturated carbocycles. The number of carbonyl (C=O) groups excluding carboxylic acids is 2. The number of fused-ring (bicyclic) bond motifs is 1. The highest BCUT2D eigenvalue weighted by Crippen LogP contribution is 2.37. The van der Waals surface area contributed by atoms with Gasteiger partial charge in [-0.1, -0.05) is 48.7 Å². The number of anilines is 2. The van der Waals surface area contributed by atoms with Crippen LogP contribution in [0, 0.1) is 5.82 Å². The van der Waals surface area contributed by atoms with Crippen molar-refractivity contribution in [1.82, 2.24) is 19.9 Å². The van der Waals surface area contributed by atoms with Crippen LogP contribution < -0.4 is 10.2 Å². The summed E-state index contributed by atoms with van der Waals surface area (Å²) in [6.45, 7) is 0.118. The molecule has 1 aromatic heterocycles. The van der Waals surface area contributed by atoms with Crippen LogP contribution in [0.4, 0.5) is 15.8 Å². The lowest BCUT2D eigenvalue weighted by molar-refractivity contribution is -0.149. The summed E-state index contributed by atoms with van der Waals surface area (Å²) in [5.74, 6) is -0.800. The van der Waals surface area contributed by atoms with Crippen LogP contribution in [-0.4, -0.2) is 51.3 Å². The summed E-state index contributed by atoms with van der Waals surface area (Å²) < 4.78 is 15.3. The molecule has 8 nitrogen and oxygen atoms in total. The SMILES string of the molecule is CN(C)c1ccc(NC(=O)C2(N(Cc3ccc(F)cc3)C(=O)Cn3nnc4ccccc43)CCCCC2)cc1. The highest BCUT2D eigenvalue weighted by molar-refractivity contribution is 6.00. The molecular weight excluding hydrogens is 495 g/mol. The molecule has 5 rings (SSSR count). The molecule has 1 fully saturated rings. The van der Waals surface area contributed by atoms with E-state index < -0.39 is 5.54 Å². The van der Waals surface area contributed by atoms with Gasteiger partial charge in [-0.25, -0.2) is 9.07 Å². The molecule has 0 aliphatic heterocycles. The molecular formula is C30H33FN6O2. The number of rotatable bonds is 8. The van der Waals surface area contributed by atoms with Crippen molar-refractivity contribution in [2.24, 2.45) is 0 Å². The van der Waals surface area contributed by atoms with Gasteiger partial charge in [0.2, 0.25) is 11.8 Å². The number of aromatic nitrogens is 3. The summed E-state index contributed by atoms with van der Waals surface area (Å²) in [4.78, 5) is 31.9. The minimum absolute atomic E-state index is 0.0612. The Balaban J connectivity index is 1.49. The van der Waals surface area contributed by atoms with Crippen LogP contribution in [-0.2, 0) is 22.7 Å². The van der Waals surface area contributed by atoms with Crippen LogP contribution in [0.5, 0.6) is 0 Å². The van der Waals surface area contributed by atoms with E-state index in [2.05, 4.69) is 15.6 Å². The summed E-state index contributed by atoms with van der Waals surface area (Å²) in [5.41, 5.74) is 2.83. The highest BCUT2D eigenvalue weighted by atomic mass is 19.1. The van der Waals surface area contributed by atoms with Gasteiger partial charge >= 0.3 is 0 Å². The van der Waals surface area contributed by atoms with Gasteiger partial charge in [-0.15, -0.1) is 5.10 Å². The zero-order valence-electron chi connectivity index (χ0n) is 22.3. The Bertz CT molecular complexity index is 1440. The van der Waals surface area contributed by atoms with Gasteiger partial charge in [0, 0.05) is 32.0 Å². The van der Waals surface area contributed by atoms with E-state index in [1.54, 1.807) is 21.7 Å². The fourth-order valence-electron chi connectivity index (χ4n) is 5.34. The lowest BCUT2D eigenvalue weighted by Gasteiger charge is -2.45. The molecule has 0 radical (unpaired) electrons. The predicted octanol–water partition coefficient (Wildman–Crippen LogP) is 5.01. The summed E-state index contributed by atoms with van der Waals surface area (Å²) >= 11 is 0. The van der Waals surface area contributed by atoms with E-state index >= 15 is 0 Å². The molecule has 39 heavy (non-hydrogen) atoms. The second kappa shape index (κ2) is 11.2. The van der Waals surface area contributed by atoms with E-state index in [0.717, 1.165) is 36.0 Å². The molecule has 4 aromatic rings. The monoisotopic (exact) mass is 528 g/mol. The average molecular weight is 529 g/mol. The predicted molar refractivity (Wildman–Crippen MR) is 150 cm³/mol. The number of hydrogen-bond donors (Lipinski definition) is 1. The van der Waals surface area contributed by atoms with Gasteiger partial charge in [-0.3, -0.25) is 9.59 Å². The molecule has 0 saturated heterocycles. The van der Waals surface area contributed by atoms with Crippen LogP contribution in [0.3, 0.4) is 0 Å². The standard InChI is InChI=1S/C30H33FN6O2/c1-35(2)25-16-14-24(15-17-25)32-29(39)30(18-6-3-7-19-30)36(20-22-10-12-23(31)13-11-22)28(38)21-37-27-9-5-4-8-26(27)33-34-37/h4-5,8-17H,3,6-7,18-21H2,1-2H3,(H,32,39). The Morgan fingerprint density at radius 1 is 0.949 bits per heavy atom. The third kappa shape index (κ3) is 5.62. The van der Waals surface area contributed by atoms with Gasteiger partial charge in [0.25, 0.3) is 0 Å². The van der Waals surface area contributed by atoms with Crippen molar-refractivity contribution in [2.75, 3.05) is 24.3 Å². The van der Waals surface area contributed by atoms with Crippen molar-refractivity contribution in [3.8, 4) is 0 Å². The van der Waals surface area contributed by atoms with Gasteiger partial charge in [-0.2, -0.15) is 0 Å². The van der Waals surface area contributed by atoms with Gasteiger partial charge in [0.15, 0.2) is 0 Å². The largest absolute Gasteiger partial charge is 0.378 e. The Morgan fingerprint density at radius 3 is 2.33 bits per heavy atom. The molecule has 0 bridgehead atoms. The maximum absolute atomic E-state index is 14.1. The zero-order valence-corrected chi connectivity index (χ0v) is 22.3. The molecule has 1 N–H and O–H groups in total. The van der Waals surface area contributed by atoms with Crippen LogP contribution in [0.25, 0.3) is 11.0 Å². The van der Waals surface area contributed by atoms with Crippen LogP contribution in [0.15, 0.2) is 72.8 Å². The number of nitrogens with zero attached hydrogens (tertiary/aromatic N) is 5. The van der Waals surface area contributed by atoms with Crippen LogP contribution in [0.1, 0.15) is 37.7 Å². The molecule has 0 atom stereocenters. The highest BCUT2D eigenvalue weighted by Gasteiger charge is 2.47. The van der Waals surface area contributed by atoms with E-state index in [1.807, 2.05) is 67.5 Å². The summed E-state index contributed by atoms with van der Waals surface area (Å²) in [6.07, 6.45) is 3.73. The number of nitrogens with one attached hydrogen (secondary N) is 1. The summed E-state index contributed by atoms with van der Waals surface area (Å²) in [5, 5.41) is 11.5. The van der Waals surface area contributed by atoms with Gasteiger partial charge < -0.3 is 15.1 Å². The molecule has 2 amide bonds. The minimum Gasteiger partial charge on any atom is -0.378 e. The second-order valence-electron chi connectivity index (χ2n) is 10.3. The molecule has 1 heterocycles. The number of halogens is 1. The smallest absolute Gasteiger partial charge is 0.250 e. The first-order chi connectivity index (χ1) is 18.9. The molecule has 1 aliphatic rings. The van der Waals surface area contributed by atoms with E-state index in [-0.39, 0.29) is 30.7 Å². The fraction of sp³-hybridized carbons (Fsp3) is 0.333. The fourth-order valence-corrected chi connectivity index (χ4v) is 5.34. The number of hydrogen-bond acceptors (Lipinski definition) is 5. The van der Waals surface area contributed by atoms with E-state index in [0.29, 0.717) is 24.0 Å². The zero-order chi connectivity index (χ0) is 27.4. The van der Waals surface area contributed by atoms with Crippen molar-refractivity contribution < 1.29 is 14.0 Å². The Labute approximate surface area is 227 Å². The third-order valence-corrected chi connectivity index (χ3v) is 7.52. The van der Waals surface area contributed by atoms with Crippen LogP contribution in [0.2, 0.25) is 0 Å². The Hall–Kier alpha value is -4.27. The number of carbonyl (C=O) groups is 2. The quantitative estimate of drug-likeness (QED) is 0.348. The van der Waals surface area contributed by atoms with Gasteiger partial charge in [0.1, 0.15) is 23.4 Å². The van der Waals surface area contributed by atoms with E-state index in [4.69, 9.17) is 0 Å². The first kappa shape index (κ1) is 26.3. The lowest BCUT2D eigenvalue weighted by atomic mass is 9.78. The molecule has 1 aliphatic carbocycles. The number of amides is 2. The first-order valence-electron chi connectivity index (χ1n) is 13.3. The molecule has 202 valence electrons. The van der Waals surface area contributed by atoms with Crippen molar-refractivity contribution in [2.45, 2.75) is 50.7 Å². The second-order valence-corrected chi connectivity index (χ2v) is 10.3. The van der Waals surface area contributed by atoms with Crippen molar-refractivity contribution in [3.05, 3.63) is 84.2 Å². The average Bonchev–Trinajstić information content (AvgIpc) is 3.36. The Morgan fingerprint density at radius 2 is 1.64 bits per heavy atom. The molecule has 0 unspecified atom stereocenters. The van der Waals surface area contributed by atoms with E-state index in [1.165, 1.54) is 12.1 Å². The maximum Gasteiger partial charge on any atom is 0.250 e. The topological polar surface area (TPSA) is 83.4 Å².